The number of benzene rings is 3. The minimum atomic E-state index is -4.67. The standard InChI is InChI=1S/C18H15O9PS3.H2O4S/c19-29(20,21)16-7-1-13(2-8-16)28(14-3-9-17(10-4-14)30(22,23)24)15-5-11-18(12-6-15)31(25,26)27;1-5(2,3)4/h1-12H,(H,19,20,21)(H,22,23,24)(H,25,26,27);(H2,1,2,3,4). The molecule has 3 aromatic carbocycles. The van der Waals surface area contributed by atoms with Crippen molar-refractivity contribution in [2.24, 2.45) is 0 Å². The van der Waals surface area contributed by atoms with Gasteiger partial charge in [-0.15, -0.1) is 0 Å². The molecule has 0 heterocycles. The van der Waals surface area contributed by atoms with E-state index < -0.39 is 48.7 Å². The second-order valence-electron chi connectivity index (χ2n) is 6.69. The summed E-state index contributed by atoms with van der Waals surface area (Å²) in [5.41, 5.74) is 0. The first-order valence-electron chi connectivity index (χ1n) is 8.99. The van der Waals surface area contributed by atoms with E-state index in [1.54, 1.807) is 0 Å². The highest BCUT2D eigenvalue weighted by atomic mass is 32.3. The molecule has 18 heteroatoms. The highest BCUT2D eigenvalue weighted by Crippen LogP contribution is 2.33. The molecule has 5 N–H and O–H groups in total. The normalized spacial score (nSPS) is 12.6. The largest absolute Gasteiger partial charge is 0.394 e. The molecule has 0 atom stereocenters. The van der Waals surface area contributed by atoms with Crippen LogP contribution in [0.3, 0.4) is 0 Å². The van der Waals surface area contributed by atoms with Crippen LogP contribution in [0.2, 0.25) is 0 Å². The summed E-state index contributed by atoms with van der Waals surface area (Å²) in [4.78, 5) is -0.932. The van der Waals surface area contributed by atoms with Gasteiger partial charge >= 0.3 is 10.4 Å². The molecular weight excluding hydrogens is 583 g/mol. The fourth-order valence-electron chi connectivity index (χ4n) is 2.75. The zero-order chi connectivity index (χ0) is 27.5. The van der Waals surface area contributed by atoms with Gasteiger partial charge in [0.05, 0.1) is 14.7 Å². The van der Waals surface area contributed by atoms with Crippen LogP contribution in [0.4, 0.5) is 0 Å². The van der Waals surface area contributed by atoms with Crippen molar-refractivity contribution in [2.45, 2.75) is 14.7 Å². The van der Waals surface area contributed by atoms with Crippen LogP contribution in [-0.4, -0.2) is 56.4 Å². The first-order valence-corrected chi connectivity index (χ1v) is 16.1. The Balaban J connectivity index is 0.000000830. The van der Waals surface area contributed by atoms with E-state index >= 15 is 0 Å². The van der Waals surface area contributed by atoms with Crippen molar-refractivity contribution in [3.05, 3.63) is 72.8 Å². The zero-order valence-electron chi connectivity index (χ0n) is 17.5. The van der Waals surface area contributed by atoms with E-state index in [2.05, 4.69) is 0 Å². The van der Waals surface area contributed by atoms with Crippen molar-refractivity contribution in [3.8, 4) is 0 Å². The summed E-state index contributed by atoms with van der Waals surface area (Å²) in [5.74, 6) is 0. The molecule has 3 aromatic rings. The van der Waals surface area contributed by atoms with Gasteiger partial charge in [-0.1, -0.05) is 36.4 Å². The molecule has 3 rings (SSSR count). The second kappa shape index (κ2) is 11.0. The van der Waals surface area contributed by atoms with E-state index in [1.165, 1.54) is 72.8 Å². The van der Waals surface area contributed by atoms with Gasteiger partial charge < -0.3 is 0 Å². The average Bonchev–Trinajstić information content (AvgIpc) is 2.72. The van der Waals surface area contributed by atoms with E-state index in [0.717, 1.165) is 0 Å². The smallest absolute Gasteiger partial charge is 0.282 e. The number of rotatable bonds is 6. The Labute approximate surface area is 208 Å². The highest BCUT2D eigenvalue weighted by molar-refractivity contribution is 7.86. The van der Waals surface area contributed by atoms with Gasteiger partial charge in [-0.05, 0) is 60.2 Å². The summed E-state index contributed by atoms with van der Waals surface area (Å²) in [6.07, 6.45) is 0. The van der Waals surface area contributed by atoms with E-state index in [0.29, 0.717) is 15.9 Å². The monoisotopic (exact) mass is 600 g/mol. The number of hydrogen-bond acceptors (Lipinski definition) is 8. The third kappa shape index (κ3) is 8.97. The summed E-state index contributed by atoms with van der Waals surface area (Å²) < 4.78 is 127. The number of hydrogen-bond donors (Lipinski definition) is 5. The molecule has 13 nitrogen and oxygen atoms in total. The van der Waals surface area contributed by atoms with Gasteiger partial charge in [0, 0.05) is 0 Å². The van der Waals surface area contributed by atoms with E-state index in [1.807, 2.05) is 0 Å². The van der Waals surface area contributed by atoms with Gasteiger partial charge in [0.2, 0.25) is 0 Å². The van der Waals surface area contributed by atoms with Crippen LogP contribution in [0.15, 0.2) is 87.5 Å². The van der Waals surface area contributed by atoms with Gasteiger partial charge in [-0.2, -0.15) is 33.7 Å². The maximum Gasteiger partial charge on any atom is 0.394 e. The lowest BCUT2D eigenvalue weighted by Crippen LogP contribution is -2.21. The van der Waals surface area contributed by atoms with Crippen LogP contribution < -0.4 is 15.9 Å². The van der Waals surface area contributed by atoms with Crippen molar-refractivity contribution in [3.63, 3.8) is 0 Å². The maximum atomic E-state index is 11.3. The second-order valence-corrected chi connectivity index (χ2v) is 14.1. The Bertz CT molecular complexity index is 1460. The van der Waals surface area contributed by atoms with Crippen LogP contribution in [0.5, 0.6) is 0 Å². The summed E-state index contributed by atoms with van der Waals surface area (Å²) in [5, 5.41) is 1.84. The third-order valence-corrected chi connectivity index (χ3v) is 9.23. The van der Waals surface area contributed by atoms with Gasteiger partial charge in [-0.25, -0.2) is 0 Å². The predicted molar refractivity (Wildman–Crippen MR) is 129 cm³/mol. The predicted octanol–water partition coefficient (Wildman–Crippen LogP) is 0.532. The molecule has 196 valence electrons. The lowest BCUT2D eigenvalue weighted by molar-refractivity contribution is 0.380. The first-order chi connectivity index (χ1) is 16.3. The Kier molecular flexibility index (Phi) is 9.12. The Morgan fingerprint density at radius 2 is 0.556 bits per heavy atom. The van der Waals surface area contributed by atoms with Gasteiger partial charge in [-0.3, -0.25) is 22.8 Å². The molecule has 0 saturated heterocycles. The molecule has 0 bridgehead atoms. The third-order valence-electron chi connectivity index (χ3n) is 4.18. The summed E-state index contributed by atoms with van der Waals surface area (Å²) in [6.45, 7) is 0. The van der Waals surface area contributed by atoms with Crippen LogP contribution >= 0.6 is 7.92 Å². The Morgan fingerprint density at radius 1 is 0.389 bits per heavy atom. The molecule has 0 aliphatic carbocycles. The lowest BCUT2D eigenvalue weighted by Gasteiger charge is -2.20. The van der Waals surface area contributed by atoms with Crippen molar-refractivity contribution in [1.29, 1.82) is 0 Å². The topological polar surface area (TPSA) is 238 Å². The molecule has 36 heavy (non-hydrogen) atoms. The molecular formula is C18H17O13PS4. The van der Waals surface area contributed by atoms with E-state index in [9.17, 15) is 38.9 Å². The molecule has 0 aliphatic rings. The Hall–Kier alpha value is -2.31. The SMILES string of the molecule is O=S(=O)(O)O.O=S(=O)(O)c1ccc(P(c2ccc(S(=O)(=O)O)cc2)c2ccc(S(=O)(=O)O)cc2)cc1. The molecule has 0 radical (unpaired) electrons. The molecule has 0 fully saturated rings. The van der Waals surface area contributed by atoms with Crippen LogP contribution in [0.1, 0.15) is 0 Å². The minimum Gasteiger partial charge on any atom is -0.282 e. The summed E-state index contributed by atoms with van der Waals surface area (Å²) in [7, 11) is -19.3. The van der Waals surface area contributed by atoms with Crippen LogP contribution in [-0.2, 0) is 40.8 Å². The van der Waals surface area contributed by atoms with Gasteiger partial charge in [0.15, 0.2) is 0 Å². The molecule has 0 spiro atoms. The molecule has 0 saturated carbocycles. The van der Waals surface area contributed by atoms with Crippen LogP contribution in [0.25, 0.3) is 0 Å². The zero-order valence-corrected chi connectivity index (χ0v) is 21.7. The molecule has 0 aromatic heterocycles. The van der Waals surface area contributed by atoms with Gasteiger partial charge in [0.1, 0.15) is 0 Å². The molecule has 0 unspecified atom stereocenters. The minimum absolute atomic E-state index is 0.311. The fraction of sp³-hybridized carbons (Fsp3) is 0. The van der Waals surface area contributed by atoms with Crippen molar-refractivity contribution >= 4 is 64.6 Å². The quantitative estimate of drug-likeness (QED) is 0.192. The fourth-order valence-corrected chi connectivity index (χ4v) is 6.42. The molecule has 0 aliphatic heterocycles. The highest BCUT2D eigenvalue weighted by Gasteiger charge is 2.20. The molecule has 0 amide bonds. The van der Waals surface area contributed by atoms with Crippen molar-refractivity contribution in [2.75, 3.05) is 0 Å². The van der Waals surface area contributed by atoms with Crippen molar-refractivity contribution < 1.29 is 56.4 Å². The van der Waals surface area contributed by atoms with Gasteiger partial charge in [0.25, 0.3) is 30.4 Å². The first kappa shape index (κ1) is 29.9. The van der Waals surface area contributed by atoms with Crippen LogP contribution in [0, 0.1) is 0 Å². The summed E-state index contributed by atoms with van der Waals surface area (Å²) >= 11 is 0. The summed E-state index contributed by atoms with van der Waals surface area (Å²) in [6, 6.07) is 16.1. The Morgan fingerprint density at radius 3 is 0.694 bits per heavy atom. The maximum absolute atomic E-state index is 11.3. The lowest BCUT2D eigenvalue weighted by atomic mass is 10.3. The van der Waals surface area contributed by atoms with E-state index in [4.69, 9.17) is 17.5 Å². The van der Waals surface area contributed by atoms with E-state index in [-0.39, 0.29) is 14.7 Å². The van der Waals surface area contributed by atoms with Crippen molar-refractivity contribution in [1.82, 2.24) is 0 Å². The average molecular weight is 601 g/mol.